The molecular formula is C19H19N7O8S2. The molecule has 0 radical (unpaired) electrons. The number of aryl methyl sites for hydroxylation is 1. The van der Waals surface area contributed by atoms with Gasteiger partial charge in [0.2, 0.25) is 10.9 Å². The van der Waals surface area contributed by atoms with E-state index in [-0.39, 0.29) is 41.6 Å². The number of fused-ring (bicyclic) bond motifs is 1. The van der Waals surface area contributed by atoms with Crippen molar-refractivity contribution in [1.29, 1.82) is 0 Å². The van der Waals surface area contributed by atoms with Crippen LogP contribution < -0.4 is 5.32 Å². The highest BCUT2D eigenvalue weighted by Crippen LogP contribution is 2.41. The summed E-state index contributed by atoms with van der Waals surface area (Å²) in [6, 6.07) is 2.11. The highest BCUT2D eigenvalue weighted by molar-refractivity contribution is 8.01. The second kappa shape index (κ2) is 10.8. The van der Waals surface area contributed by atoms with Crippen LogP contribution in [0.25, 0.3) is 0 Å². The van der Waals surface area contributed by atoms with E-state index >= 15 is 0 Å². The van der Waals surface area contributed by atoms with Crippen LogP contribution in [0.5, 0.6) is 0 Å². The molecule has 2 atom stereocenters. The zero-order valence-electron chi connectivity index (χ0n) is 18.6. The van der Waals surface area contributed by atoms with Crippen LogP contribution in [-0.4, -0.2) is 94.8 Å². The van der Waals surface area contributed by atoms with Crippen LogP contribution in [0, 0.1) is 0 Å². The Morgan fingerprint density at radius 2 is 2.19 bits per heavy atom. The molecule has 0 aromatic carbocycles. The predicted octanol–water partition coefficient (Wildman–Crippen LogP) is -0.378. The van der Waals surface area contributed by atoms with Gasteiger partial charge in [0, 0.05) is 11.5 Å². The number of oxime groups is 1. The Kier molecular flexibility index (Phi) is 7.58. The highest BCUT2D eigenvalue weighted by Gasteiger charge is 2.54. The Bertz CT molecular complexity index is 1240. The van der Waals surface area contributed by atoms with Crippen molar-refractivity contribution in [2.24, 2.45) is 5.16 Å². The minimum atomic E-state index is -1.28. The first-order chi connectivity index (χ1) is 17.3. The van der Waals surface area contributed by atoms with Gasteiger partial charge in [0.1, 0.15) is 24.2 Å². The molecule has 0 bridgehead atoms. The predicted molar refractivity (Wildman–Crippen MR) is 123 cm³/mol. The molecule has 190 valence electrons. The second-order valence-electron chi connectivity index (χ2n) is 7.34. The van der Waals surface area contributed by atoms with Crippen molar-refractivity contribution >= 4 is 53.0 Å². The SMILES string of the molecule is CO/N=C(/C(=O)NC1C(=O)N2C(C(=O)O)=C(CSc3nnnn3CCC(=O)O)CS[C@H]12)c1ccco1. The number of carboxylic acid groups (broad SMARTS) is 2. The first-order valence-electron chi connectivity index (χ1n) is 10.3. The molecular weight excluding hydrogens is 518 g/mol. The number of carboxylic acids is 2. The lowest BCUT2D eigenvalue weighted by molar-refractivity contribution is -0.150. The molecule has 36 heavy (non-hydrogen) atoms. The number of furan rings is 1. The first kappa shape index (κ1) is 25.2. The molecule has 1 unspecified atom stereocenters. The monoisotopic (exact) mass is 537 g/mol. The van der Waals surface area contributed by atoms with Crippen LogP contribution in [0.3, 0.4) is 0 Å². The molecule has 2 aromatic rings. The Balaban J connectivity index is 1.46. The second-order valence-corrected chi connectivity index (χ2v) is 9.38. The van der Waals surface area contributed by atoms with Gasteiger partial charge in [-0.3, -0.25) is 19.3 Å². The first-order valence-corrected chi connectivity index (χ1v) is 12.3. The van der Waals surface area contributed by atoms with Crippen LogP contribution in [0.15, 0.2) is 44.4 Å². The molecule has 2 aliphatic rings. The van der Waals surface area contributed by atoms with E-state index in [1.54, 1.807) is 6.07 Å². The van der Waals surface area contributed by atoms with Gasteiger partial charge in [-0.05, 0) is 28.1 Å². The fourth-order valence-corrected chi connectivity index (χ4v) is 5.89. The molecule has 0 saturated carbocycles. The van der Waals surface area contributed by atoms with Gasteiger partial charge in [-0.1, -0.05) is 16.9 Å². The largest absolute Gasteiger partial charge is 0.481 e. The summed E-state index contributed by atoms with van der Waals surface area (Å²) < 4.78 is 6.50. The van der Waals surface area contributed by atoms with Gasteiger partial charge in [-0.25, -0.2) is 9.48 Å². The number of aliphatic carboxylic acids is 2. The van der Waals surface area contributed by atoms with Crippen LogP contribution in [0.1, 0.15) is 12.2 Å². The summed E-state index contributed by atoms with van der Waals surface area (Å²) in [4.78, 5) is 54.4. The summed E-state index contributed by atoms with van der Waals surface area (Å²) in [5, 5.41) is 35.8. The van der Waals surface area contributed by atoms with E-state index in [0.29, 0.717) is 10.7 Å². The number of carbonyl (C=O) groups is 4. The van der Waals surface area contributed by atoms with E-state index < -0.39 is 35.2 Å². The summed E-state index contributed by atoms with van der Waals surface area (Å²) in [7, 11) is 1.26. The maximum Gasteiger partial charge on any atom is 0.352 e. The normalized spacial score (nSPS) is 19.5. The quantitative estimate of drug-likeness (QED) is 0.145. The molecule has 1 fully saturated rings. The molecule has 4 rings (SSSR count). The number of aromatic nitrogens is 4. The van der Waals surface area contributed by atoms with Crippen molar-refractivity contribution < 1.29 is 38.6 Å². The van der Waals surface area contributed by atoms with Crippen LogP contribution in [0.4, 0.5) is 0 Å². The molecule has 0 aliphatic carbocycles. The lowest BCUT2D eigenvalue weighted by atomic mass is 10.0. The number of nitrogens with one attached hydrogen (secondary N) is 1. The lowest BCUT2D eigenvalue weighted by Crippen LogP contribution is -2.71. The number of rotatable bonds is 11. The minimum Gasteiger partial charge on any atom is -0.481 e. The third-order valence-electron chi connectivity index (χ3n) is 5.10. The van der Waals surface area contributed by atoms with Gasteiger partial charge < -0.3 is 24.8 Å². The fraction of sp³-hybridized carbons (Fsp3) is 0.368. The molecule has 17 heteroatoms. The van der Waals surface area contributed by atoms with Crippen LogP contribution in [-0.2, 0) is 30.6 Å². The number of hydrogen-bond donors (Lipinski definition) is 3. The minimum absolute atomic E-state index is 0.0602. The molecule has 2 aromatic heterocycles. The van der Waals surface area contributed by atoms with E-state index in [2.05, 4.69) is 26.0 Å². The Labute approximate surface area is 210 Å². The van der Waals surface area contributed by atoms with Gasteiger partial charge in [-0.2, -0.15) is 0 Å². The van der Waals surface area contributed by atoms with Gasteiger partial charge in [0.25, 0.3) is 11.8 Å². The number of tetrazole rings is 1. The van der Waals surface area contributed by atoms with E-state index in [1.807, 2.05) is 0 Å². The summed E-state index contributed by atoms with van der Waals surface area (Å²) in [6.07, 6.45) is 1.18. The number of thioether (sulfide) groups is 2. The Morgan fingerprint density at radius 3 is 2.86 bits per heavy atom. The molecule has 2 amide bonds. The maximum absolute atomic E-state index is 12.9. The number of amides is 2. The number of carbonyl (C=O) groups excluding carboxylic acids is 2. The van der Waals surface area contributed by atoms with Gasteiger partial charge >= 0.3 is 11.9 Å². The summed E-state index contributed by atoms with van der Waals surface area (Å²) in [5.74, 6) is -2.98. The molecule has 3 N–H and O–H groups in total. The van der Waals surface area contributed by atoms with E-state index in [0.717, 1.165) is 16.7 Å². The number of β-lactam (4-membered cyclic amide) rings is 1. The maximum atomic E-state index is 12.9. The zero-order valence-corrected chi connectivity index (χ0v) is 20.2. The number of hydrogen-bond acceptors (Lipinski definition) is 12. The van der Waals surface area contributed by atoms with Gasteiger partial charge in [0.15, 0.2) is 5.76 Å². The summed E-state index contributed by atoms with van der Waals surface area (Å²) in [5.41, 5.74) is 0.140. The molecule has 0 spiro atoms. The van der Waals surface area contributed by atoms with E-state index in [9.17, 15) is 24.3 Å². The molecule has 2 aliphatic heterocycles. The average molecular weight is 538 g/mol. The van der Waals surface area contributed by atoms with Crippen molar-refractivity contribution in [3.8, 4) is 0 Å². The van der Waals surface area contributed by atoms with Crippen LogP contribution in [0.2, 0.25) is 0 Å². The van der Waals surface area contributed by atoms with Crippen molar-refractivity contribution in [3.05, 3.63) is 35.4 Å². The topological polar surface area (TPSA) is 202 Å². The van der Waals surface area contributed by atoms with Crippen molar-refractivity contribution in [1.82, 2.24) is 30.4 Å². The van der Waals surface area contributed by atoms with Crippen molar-refractivity contribution in [3.63, 3.8) is 0 Å². The molecule has 1 saturated heterocycles. The third-order valence-corrected chi connectivity index (χ3v) is 7.48. The van der Waals surface area contributed by atoms with Gasteiger partial charge in [0.05, 0.1) is 19.2 Å². The third kappa shape index (κ3) is 5.06. The number of nitrogens with zero attached hydrogens (tertiary/aromatic N) is 6. The highest BCUT2D eigenvalue weighted by atomic mass is 32.2. The Morgan fingerprint density at radius 1 is 1.39 bits per heavy atom. The van der Waals surface area contributed by atoms with E-state index in [4.69, 9.17) is 14.4 Å². The van der Waals surface area contributed by atoms with Crippen LogP contribution >= 0.6 is 23.5 Å². The van der Waals surface area contributed by atoms with E-state index in [1.165, 1.54) is 35.9 Å². The molecule has 4 heterocycles. The summed E-state index contributed by atoms with van der Waals surface area (Å²) in [6.45, 7) is 0.0602. The average Bonchev–Trinajstić information content (AvgIpc) is 3.54. The zero-order chi connectivity index (χ0) is 25.8. The van der Waals surface area contributed by atoms with Crippen molar-refractivity contribution in [2.75, 3.05) is 18.6 Å². The van der Waals surface area contributed by atoms with Gasteiger partial charge in [-0.15, -0.1) is 16.9 Å². The lowest BCUT2D eigenvalue weighted by Gasteiger charge is -2.49. The standard InChI is InChI=1S/C19H19N7O8S2/c1-33-22-12(10-3-2-6-34-10)15(29)20-13-16(30)26-14(18(31)32)9(7-35-17(13)26)8-36-19-21-23-24-25(19)5-4-11(27)28/h2-3,6,13,17H,4-5,7-8H2,1H3,(H,20,29)(H,27,28)(H,31,32)/b22-12+/t13?,17-/m1/s1. The fourth-order valence-electron chi connectivity index (χ4n) is 3.50. The summed E-state index contributed by atoms with van der Waals surface area (Å²) >= 11 is 2.43. The smallest absolute Gasteiger partial charge is 0.352 e. The van der Waals surface area contributed by atoms with Crippen molar-refractivity contribution in [2.45, 2.75) is 29.5 Å². The molecule has 15 nitrogen and oxygen atoms in total. The Hall–Kier alpha value is -3.86.